The fourth-order valence-electron chi connectivity index (χ4n) is 6.76. The van der Waals surface area contributed by atoms with E-state index < -0.39 is 6.10 Å². The predicted octanol–water partition coefficient (Wildman–Crippen LogP) is 17.7. The molecule has 0 saturated heterocycles. The first kappa shape index (κ1) is 61.8. The van der Waals surface area contributed by atoms with Gasteiger partial charge in [-0.1, -0.05) is 200 Å². The summed E-state index contributed by atoms with van der Waals surface area (Å²) in [5, 5.41) is 0. The largest absolute Gasteiger partial charge is 0.462 e. The van der Waals surface area contributed by atoms with Gasteiger partial charge in [0.1, 0.15) is 13.2 Å². The number of carbonyl (C=O) groups is 3. The van der Waals surface area contributed by atoms with Crippen molar-refractivity contribution in [2.24, 2.45) is 0 Å². The first-order valence-corrected chi connectivity index (χ1v) is 26.5. The van der Waals surface area contributed by atoms with Gasteiger partial charge in [0, 0.05) is 19.3 Å². The second kappa shape index (κ2) is 53.4. The molecule has 0 aromatic carbocycles. The molecule has 0 N–H and O–H groups in total. The van der Waals surface area contributed by atoms with Gasteiger partial charge in [-0.05, 0) is 122 Å². The number of hydrogen-bond acceptors (Lipinski definition) is 6. The van der Waals surface area contributed by atoms with Crippen LogP contribution in [-0.2, 0) is 28.6 Å². The smallest absolute Gasteiger partial charge is 0.306 e. The average molecular weight is 913 g/mol. The molecule has 0 saturated carbocycles. The summed E-state index contributed by atoms with van der Waals surface area (Å²) in [7, 11) is 0. The summed E-state index contributed by atoms with van der Waals surface area (Å²) in [5.41, 5.74) is 0. The van der Waals surface area contributed by atoms with Crippen molar-refractivity contribution in [3.05, 3.63) is 122 Å². The van der Waals surface area contributed by atoms with Crippen molar-refractivity contribution >= 4 is 17.9 Å². The number of unbranched alkanes of at least 4 members (excludes halogenated alkanes) is 15. The Kier molecular flexibility index (Phi) is 50.0. The van der Waals surface area contributed by atoms with Crippen molar-refractivity contribution < 1.29 is 28.6 Å². The summed E-state index contributed by atoms with van der Waals surface area (Å²) in [6.45, 7) is 6.30. The number of carbonyl (C=O) groups excluding carboxylic acids is 3. The normalized spacial score (nSPS) is 13.1. The molecule has 0 aliphatic rings. The quantitative estimate of drug-likeness (QED) is 0.0262. The van der Waals surface area contributed by atoms with E-state index in [1.807, 2.05) is 0 Å². The number of allylic oxidation sites excluding steroid dienone is 20. The Hall–Kier alpha value is -4.19. The molecule has 0 aromatic heterocycles. The van der Waals surface area contributed by atoms with Crippen LogP contribution < -0.4 is 0 Å². The Morgan fingerprint density at radius 1 is 0.318 bits per heavy atom. The van der Waals surface area contributed by atoms with Gasteiger partial charge in [0.15, 0.2) is 6.10 Å². The first-order valence-electron chi connectivity index (χ1n) is 26.5. The lowest BCUT2D eigenvalue weighted by Gasteiger charge is -2.18. The van der Waals surface area contributed by atoms with Crippen LogP contribution in [0.1, 0.15) is 220 Å². The fourth-order valence-corrected chi connectivity index (χ4v) is 6.76. The molecule has 0 aromatic rings. The van der Waals surface area contributed by atoms with E-state index in [-0.39, 0.29) is 37.5 Å². The third kappa shape index (κ3) is 50.8. The maximum atomic E-state index is 12.8. The van der Waals surface area contributed by atoms with Crippen LogP contribution in [0.2, 0.25) is 0 Å². The van der Waals surface area contributed by atoms with Gasteiger partial charge in [0.25, 0.3) is 0 Å². The molecule has 0 spiro atoms. The zero-order chi connectivity index (χ0) is 47.9. The van der Waals surface area contributed by atoms with E-state index in [9.17, 15) is 14.4 Å². The Balaban J connectivity index is 4.57. The van der Waals surface area contributed by atoms with Crippen molar-refractivity contribution in [1.29, 1.82) is 0 Å². The molecule has 0 radical (unpaired) electrons. The molecule has 372 valence electrons. The van der Waals surface area contributed by atoms with Crippen molar-refractivity contribution in [2.75, 3.05) is 13.2 Å². The highest BCUT2D eigenvalue weighted by molar-refractivity contribution is 5.71. The molecule has 0 rings (SSSR count). The van der Waals surface area contributed by atoms with E-state index in [2.05, 4.69) is 142 Å². The van der Waals surface area contributed by atoms with Gasteiger partial charge in [-0.15, -0.1) is 0 Å². The Bertz CT molecular complexity index is 1420. The molecule has 0 bridgehead atoms. The summed E-state index contributed by atoms with van der Waals surface area (Å²) in [5.74, 6) is -1.04. The number of rotatable bonds is 46. The SMILES string of the molecule is CC/C=C\C/C=C\C/C=C\C/C=C\C/C=C\CCCC(=O)OCC(COC(=O)CCCC/C=C\C/C=C\C/C=C\C/C=C\CC)OC(=O)CCCCCCC/C=C\CCCCCCCCC. The van der Waals surface area contributed by atoms with Gasteiger partial charge < -0.3 is 14.2 Å². The first-order chi connectivity index (χ1) is 32.5. The molecular weight excluding hydrogens is 817 g/mol. The highest BCUT2D eigenvalue weighted by atomic mass is 16.6. The Morgan fingerprint density at radius 3 is 1.03 bits per heavy atom. The summed E-state index contributed by atoms with van der Waals surface area (Å²) in [6, 6.07) is 0. The van der Waals surface area contributed by atoms with Crippen molar-refractivity contribution in [2.45, 2.75) is 226 Å². The van der Waals surface area contributed by atoms with E-state index in [0.29, 0.717) is 25.7 Å². The van der Waals surface area contributed by atoms with Crippen LogP contribution in [0.15, 0.2) is 122 Å². The topological polar surface area (TPSA) is 78.9 Å². The van der Waals surface area contributed by atoms with Gasteiger partial charge in [0.05, 0.1) is 0 Å². The predicted molar refractivity (Wildman–Crippen MR) is 283 cm³/mol. The molecule has 0 amide bonds. The number of hydrogen-bond donors (Lipinski definition) is 0. The van der Waals surface area contributed by atoms with Crippen LogP contribution in [0.3, 0.4) is 0 Å². The van der Waals surface area contributed by atoms with Crippen LogP contribution in [-0.4, -0.2) is 37.2 Å². The van der Waals surface area contributed by atoms with Crippen molar-refractivity contribution in [1.82, 2.24) is 0 Å². The van der Waals surface area contributed by atoms with E-state index >= 15 is 0 Å². The van der Waals surface area contributed by atoms with Gasteiger partial charge in [-0.3, -0.25) is 14.4 Å². The molecular formula is C60H96O6. The van der Waals surface area contributed by atoms with E-state index in [1.165, 1.54) is 57.8 Å². The molecule has 6 nitrogen and oxygen atoms in total. The number of ether oxygens (including phenoxy) is 3. The maximum Gasteiger partial charge on any atom is 0.306 e. The second-order valence-corrected chi connectivity index (χ2v) is 17.0. The molecule has 0 fully saturated rings. The zero-order valence-electron chi connectivity index (χ0n) is 42.4. The van der Waals surface area contributed by atoms with Crippen LogP contribution >= 0.6 is 0 Å². The van der Waals surface area contributed by atoms with E-state index in [0.717, 1.165) is 109 Å². The third-order valence-electron chi connectivity index (χ3n) is 10.7. The average Bonchev–Trinajstić information content (AvgIpc) is 3.31. The molecule has 6 heteroatoms. The van der Waals surface area contributed by atoms with Crippen LogP contribution in [0.5, 0.6) is 0 Å². The zero-order valence-corrected chi connectivity index (χ0v) is 42.4. The van der Waals surface area contributed by atoms with Crippen LogP contribution in [0, 0.1) is 0 Å². The van der Waals surface area contributed by atoms with Gasteiger partial charge >= 0.3 is 17.9 Å². The van der Waals surface area contributed by atoms with E-state index in [1.54, 1.807) is 0 Å². The van der Waals surface area contributed by atoms with E-state index in [4.69, 9.17) is 14.2 Å². The Labute approximate surface area is 405 Å². The van der Waals surface area contributed by atoms with Gasteiger partial charge in [0.2, 0.25) is 0 Å². The number of esters is 3. The Morgan fingerprint density at radius 2 is 0.606 bits per heavy atom. The summed E-state index contributed by atoms with van der Waals surface area (Å²) < 4.78 is 16.7. The molecule has 0 aliphatic heterocycles. The minimum atomic E-state index is -0.825. The lowest BCUT2D eigenvalue weighted by atomic mass is 10.1. The van der Waals surface area contributed by atoms with Crippen LogP contribution in [0.25, 0.3) is 0 Å². The van der Waals surface area contributed by atoms with Gasteiger partial charge in [-0.2, -0.15) is 0 Å². The minimum absolute atomic E-state index is 0.124. The van der Waals surface area contributed by atoms with Gasteiger partial charge in [-0.25, -0.2) is 0 Å². The van der Waals surface area contributed by atoms with Crippen molar-refractivity contribution in [3.8, 4) is 0 Å². The maximum absolute atomic E-state index is 12.8. The highest BCUT2D eigenvalue weighted by Gasteiger charge is 2.19. The monoisotopic (exact) mass is 913 g/mol. The molecule has 1 unspecified atom stereocenters. The highest BCUT2D eigenvalue weighted by Crippen LogP contribution is 2.13. The molecule has 66 heavy (non-hydrogen) atoms. The second-order valence-electron chi connectivity index (χ2n) is 17.0. The fraction of sp³-hybridized carbons (Fsp3) is 0.617. The van der Waals surface area contributed by atoms with Crippen molar-refractivity contribution in [3.63, 3.8) is 0 Å². The molecule has 0 aliphatic carbocycles. The lowest BCUT2D eigenvalue weighted by Crippen LogP contribution is -2.30. The summed E-state index contributed by atoms with van der Waals surface area (Å²) >= 11 is 0. The summed E-state index contributed by atoms with van der Waals surface area (Å²) in [4.78, 5) is 38.0. The lowest BCUT2D eigenvalue weighted by molar-refractivity contribution is -0.167. The minimum Gasteiger partial charge on any atom is -0.462 e. The summed E-state index contributed by atoms with van der Waals surface area (Å²) in [6.07, 6.45) is 73.3. The molecule has 1 atom stereocenters. The third-order valence-corrected chi connectivity index (χ3v) is 10.7. The van der Waals surface area contributed by atoms with Crippen LogP contribution in [0.4, 0.5) is 0 Å². The standard InChI is InChI=1S/C60H96O6/c1-4-7-10-13-16-19-22-25-28-30-33-35-38-41-44-47-50-53-59(62)65-56-57(55-64-58(61)52-49-46-43-40-37-34-31-27-24-21-18-15-12-9-6-3)66-60(63)54-51-48-45-42-39-36-32-29-26-23-20-17-14-11-8-5-2/h7,9-10,12,16,18-19,21,25,27-29,31-33,35,37,40-41,44,57H,4-6,8,11,13-15,17,20,22-24,26,30,34,36,38-39,42-43,45-56H2,1-3H3/b10-7-,12-9-,19-16-,21-18-,28-25-,31-27-,32-29-,35-33-,40-37-,44-41-. The molecule has 0 heterocycles.